The second-order valence-corrected chi connectivity index (χ2v) is 4.75. The Morgan fingerprint density at radius 1 is 1.05 bits per heavy atom. The van der Waals surface area contributed by atoms with Gasteiger partial charge in [-0.25, -0.2) is 0 Å². The zero-order chi connectivity index (χ0) is 16.8. The van der Waals surface area contributed by atoms with Crippen molar-refractivity contribution < 1.29 is 19.1 Å². The van der Waals surface area contributed by atoms with Crippen LogP contribution in [-0.2, 0) is 19.1 Å². The molecule has 0 bridgehead atoms. The Bertz CT molecular complexity index is 378. The molecule has 0 N–H and O–H groups in total. The van der Waals surface area contributed by atoms with E-state index in [0.717, 1.165) is 19.3 Å². The Morgan fingerprint density at radius 3 is 2.09 bits per heavy atom. The van der Waals surface area contributed by atoms with Crippen LogP contribution in [0.15, 0.2) is 37.0 Å². The molecule has 124 valence electrons. The van der Waals surface area contributed by atoms with Crippen molar-refractivity contribution in [3.63, 3.8) is 0 Å². The van der Waals surface area contributed by atoms with Crippen molar-refractivity contribution in [3.05, 3.63) is 37.0 Å². The molecule has 1 atom stereocenters. The van der Waals surface area contributed by atoms with Crippen LogP contribution >= 0.6 is 0 Å². The fourth-order valence-corrected chi connectivity index (χ4v) is 1.89. The highest BCUT2D eigenvalue weighted by molar-refractivity contribution is 5.95. The first-order valence-electron chi connectivity index (χ1n) is 7.91. The Hall–Kier alpha value is -1.84. The molecule has 0 rings (SSSR count). The zero-order valence-corrected chi connectivity index (χ0v) is 13.9. The van der Waals surface area contributed by atoms with Crippen LogP contribution in [0.25, 0.3) is 0 Å². The van der Waals surface area contributed by atoms with E-state index >= 15 is 0 Å². The Balaban J connectivity index is 4.93. The normalized spacial score (nSPS) is 12.7. The van der Waals surface area contributed by atoms with E-state index in [2.05, 4.69) is 19.6 Å². The van der Waals surface area contributed by atoms with Gasteiger partial charge in [-0.05, 0) is 20.3 Å². The quantitative estimate of drug-likeness (QED) is 0.191. The summed E-state index contributed by atoms with van der Waals surface area (Å²) in [7, 11) is 0. The minimum absolute atomic E-state index is 0.221. The number of ether oxygens (including phenoxy) is 2. The molecule has 0 aliphatic rings. The molecular formula is C18H28O4. The van der Waals surface area contributed by atoms with E-state index in [1.165, 1.54) is 0 Å². The van der Waals surface area contributed by atoms with Crippen LogP contribution in [0.5, 0.6) is 0 Å². The zero-order valence-electron chi connectivity index (χ0n) is 13.9. The number of hydrogen-bond donors (Lipinski definition) is 0. The van der Waals surface area contributed by atoms with Crippen molar-refractivity contribution in [1.29, 1.82) is 0 Å². The van der Waals surface area contributed by atoms with Gasteiger partial charge in [-0.2, -0.15) is 0 Å². The largest absolute Gasteiger partial charge is 0.465 e. The highest BCUT2D eigenvalue weighted by Gasteiger charge is 2.34. The first-order chi connectivity index (χ1) is 10.6. The molecule has 0 spiro atoms. The molecule has 0 aromatic heterocycles. The molecule has 0 aromatic carbocycles. The minimum atomic E-state index is -1.00. The van der Waals surface area contributed by atoms with Crippen LogP contribution in [0, 0.1) is 11.8 Å². The summed E-state index contributed by atoms with van der Waals surface area (Å²) in [6.07, 6.45) is 12.4. The number of hydrogen-bond acceptors (Lipinski definition) is 4. The highest BCUT2D eigenvalue weighted by atomic mass is 16.6. The molecule has 1 unspecified atom stereocenters. The minimum Gasteiger partial charge on any atom is -0.465 e. The fraction of sp³-hybridized carbons (Fsp3) is 0.556. The molecule has 0 aliphatic carbocycles. The van der Waals surface area contributed by atoms with Gasteiger partial charge in [-0.3, -0.25) is 9.59 Å². The number of esters is 2. The second kappa shape index (κ2) is 12.9. The van der Waals surface area contributed by atoms with Crippen LogP contribution in [0.3, 0.4) is 0 Å². The predicted octanol–water partition coefficient (Wildman–Crippen LogP) is 3.83. The number of rotatable bonds is 11. The molecule has 0 saturated heterocycles. The molecular weight excluding hydrogens is 280 g/mol. The maximum absolute atomic E-state index is 12.0. The van der Waals surface area contributed by atoms with Crippen molar-refractivity contribution in [3.8, 4) is 0 Å². The lowest BCUT2D eigenvalue weighted by Crippen LogP contribution is -2.33. The summed E-state index contributed by atoms with van der Waals surface area (Å²) >= 11 is 0. The fourth-order valence-electron chi connectivity index (χ4n) is 1.89. The third-order valence-corrected chi connectivity index (χ3v) is 3.04. The molecule has 0 radical (unpaired) electrons. The molecule has 0 heterocycles. The van der Waals surface area contributed by atoms with Gasteiger partial charge in [-0.15, -0.1) is 6.58 Å². The Labute approximate surface area is 133 Å². The molecule has 0 amide bonds. The van der Waals surface area contributed by atoms with Crippen LogP contribution in [0.1, 0.15) is 40.0 Å². The molecule has 22 heavy (non-hydrogen) atoms. The van der Waals surface area contributed by atoms with Gasteiger partial charge in [0.15, 0.2) is 5.92 Å². The van der Waals surface area contributed by atoms with Crippen LogP contribution in [-0.4, -0.2) is 25.2 Å². The number of carbonyl (C=O) groups excluding carboxylic acids is 2. The first-order valence-corrected chi connectivity index (χ1v) is 7.91. The average Bonchev–Trinajstić information content (AvgIpc) is 2.49. The van der Waals surface area contributed by atoms with Gasteiger partial charge in [0.1, 0.15) is 0 Å². The third-order valence-electron chi connectivity index (χ3n) is 3.04. The molecule has 4 nitrogen and oxygen atoms in total. The van der Waals surface area contributed by atoms with Crippen molar-refractivity contribution >= 4 is 11.9 Å². The summed E-state index contributed by atoms with van der Waals surface area (Å²) < 4.78 is 9.95. The lowest BCUT2D eigenvalue weighted by atomic mass is 9.91. The summed E-state index contributed by atoms with van der Waals surface area (Å²) in [6, 6.07) is 0. The summed E-state index contributed by atoms with van der Waals surface area (Å²) in [5, 5.41) is 0. The lowest BCUT2D eigenvalue weighted by molar-refractivity contribution is -0.162. The molecule has 0 saturated carbocycles. The van der Waals surface area contributed by atoms with Gasteiger partial charge >= 0.3 is 11.9 Å². The Morgan fingerprint density at radius 2 is 1.64 bits per heavy atom. The molecule has 4 heteroatoms. The monoisotopic (exact) mass is 308 g/mol. The standard InChI is InChI=1S/C18H28O4/c1-5-9-10-11-12-13-14-15(6-2)16(17(19)21-7-3)18(20)22-8-4/h6,11-16H,2,5,7-10H2,1,3-4H3/b12-11+,14-13+. The SMILES string of the molecule is C=CC(/C=C/C=C/CCCC)C(C(=O)OCC)C(=O)OCC. The predicted molar refractivity (Wildman–Crippen MR) is 88.2 cm³/mol. The van der Waals surface area contributed by atoms with Crippen molar-refractivity contribution in [1.82, 2.24) is 0 Å². The maximum atomic E-state index is 12.0. The van der Waals surface area contributed by atoms with Crippen molar-refractivity contribution in [2.24, 2.45) is 11.8 Å². The van der Waals surface area contributed by atoms with Gasteiger partial charge in [0, 0.05) is 5.92 Å². The first kappa shape index (κ1) is 20.2. The Kier molecular flexibility index (Phi) is 11.8. The van der Waals surface area contributed by atoms with Crippen LogP contribution in [0.2, 0.25) is 0 Å². The number of carbonyl (C=O) groups is 2. The van der Waals surface area contributed by atoms with Crippen LogP contribution < -0.4 is 0 Å². The van der Waals surface area contributed by atoms with Gasteiger partial charge < -0.3 is 9.47 Å². The van der Waals surface area contributed by atoms with E-state index in [9.17, 15) is 9.59 Å². The van der Waals surface area contributed by atoms with Gasteiger partial charge in [0.2, 0.25) is 0 Å². The van der Waals surface area contributed by atoms with Gasteiger partial charge in [0.05, 0.1) is 13.2 Å². The van der Waals surface area contributed by atoms with Crippen molar-refractivity contribution in [2.45, 2.75) is 40.0 Å². The van der Waals surface area contributed by atoms with E-state index in [-0.39, 0.29) is 13.2 Å². The van der Waals surface area contributed by atoms with Crippen molar-refractivity contribution in [2.75, 3.05) is 13.2 Å². The number of unbranched alkanes of at least 4 members (excludes halogenated alkanes) is 2. The van der Waals surface area contributed by atoms with E-state index in [1.54, 1.807) is 26.0 Å². The maximum Gasteiger partial charge on any atom is 0.321 e. The van der Waals surface area contributed by atoms with Gasteiger partial charge in [0.25, 0.3) is 0 Å². The number of allylic oxidation sites excluding steroid dienone is 5. The lowest BCUT2D eigenvalue weighted by Gasteiger charge is -2.18. The van der Waals surface area contributed by atoms with E-state index in [0.29, 0.717) is 0 Å². The van der Waals surface area contributed by atoms with E-state index in [4.69, 9.17) is 9.47 Å². The van der Waals surface area contributed by atoms with Gasteiger partial charge in [-0.1, -0.05) is 50.1 Å². The highest BCUT2D eigenvalue weighted by Crippen LogP contribution is 2.19. The average molecular weight is 308 g/mol. The molecule has 0 aromatic rings. The van der Waals surface area contributed by atoms with Crippen LogP contribution in [0.4, 0.5) is 0 Å². The topological polar surface area (TPSA) is 52.6 Å². The van der Waals surface area contributed by atoms with E-state index < -0.39 is 23.8 Å². The van der Waals surface area contributed by atoms with E-state index in [1.807, 2.05) is 12.2 Å². The summed E-state index contributed by atoms with van der Waals surface area (Å²) in [5.74, 6) is -2.61. The summed E-state index contributed by atoms with van der Waals surface area (Å²) in [4.78, 5) is 24.0. The second-order valence-electron chi connectivity index (χ2n) is 4.75. The summed E-state index contributed by atoms with van der Waals surface area (Å²) in [6.45, 7) is 9.69. The third kappa shape index (κ3) is 7.81. The smallest absolute Gasteiger partial charge is 0.321 e. The molecule has 0 fully saturated rings. The summed E-state index contributed by atoms with van der Waals surface area (Å²) in [5.41, 5.74) is 0. The molecule has 0 aliphatic heterocycles.